The Kier molecular flexibility index (Phi) is 3.60. The van der Waals surface area contributed by atoms with Crippen LogP contribution in [0.1, 0.15) is 0 Å². The predicted octanol–water partition coefficient (Wildman–Crippen LogP) is 1.75. The second-order valence-electron chi connectivity index (χ2n) is 4.95. The van der Waals surface area contributed by atoms with E-state index in [1.807, 2.05) is 12.1 Å². The standard InChI is InChI=1S/C14H11ClN6O2/c15-10-3-8(1-2-13(10)23-9-5-22-6-9)11-4-12(17-7-16-11)14-18-20-21-19-14/h1-4,7,9H,5-6H2,(H,18,19,20,21). The number of hydrogen-bond donors (Lipinski definition) is 1. The Hall–Kier alpha value is -2.58. The lowest BCUT2D eigenvalue weighted by atomic mass is 10.1. The van der Waals surface area contributed by atoms with Crippen molar-refractivity contribution in [2.75, 3.05) is 13.2 Å². The number of ether oxygens (including phenoxy) is 2. The lowest BCUT2D eigenvalue weighted by molar-refractivity contribution is -0.0796. The van der Waals surface area contributed by atoms with Crippen LogP contribution in [0.5, 0.6) is 5.75 Å². The molecule has 1 aliphatic rings. The fourth-order valence-electron chi connectivity index (χ4n) is 2.13. The first kappa shape index (κ1) is 14.0. The Balaban J connectivity index is 1.62. The van der Waals surface area contributed by atoms with Gasteiger partial charge in [0, 0.05) is 5.56 Å². The van der Waals surface area contributed by atoms with Gasteiger partial charge >= 0.3 is 0 Å². The molecular weight excluding hydrogens is 320 g/mol. The molecule has 0 bridgehead atoms. The fourth-order valence-corrected chi connectivity index (χ4v) is 2.35. The monoisotopic (exact) mass is 330 g/mol. The van der Waals surface area contributed by atoms with Crippen LogP contribution in [0.3, 0.4) is 0 Å². The zero-order valence-corrected chi connectivity index (χ0v) is 12.6. The third-order valence-corrected chi connectivity index (χ3v) is 3.67. The lowest BCUT2D eigenvalue weighted by Gasteiger charge is -2.27. The average Bonchev–Trinajstić information content (AvgIpc) is 3.06. The highest BCUT2D eigenvalue weighted by Gasteiger charge is 2.21. The minimum atomic E-state index is 0.0715. The van der Waals surface area contributed by atoms with Crippen LogP contribution >= 0.6 is 11.6 Å². The Labute approximate surface area is 135 Å². The molecule has 116 valence electrons. The molecule has 0 atom stereocenters. The summed E-state index contributed by atoms with van der Waals surface area (Å²) in [6.07, 6.45) is 1.52. The molecule has 0 aliphatic carbocycles. The predicted molar refractivity (Wildman–Crippen MR) is 80.9 cm³/mol. The summed E-state index contributed by atoms with van der Waals surface area (Å²) in [5.74, 6) is 1.04. The molecular formula is C14H11ClN6O2. The van der Waals surface area contributed by atoms with Crippen LogP contribution in [-0.2, 0) is 4.74 Å². The van der Waals surface area contributed by atoms with Gasteiger partial charge in [0.05, 0.1) is 23.9 Å². The molecule has 2 aromatic heterocycles. The number of nitrogens with zero attached hydrogens (tertiary/aromatic N) is 5. The zero-order chi connectivity index (χ0) is 15.6. The maximum Gasteiger partial charge on any atom is 0.223 e. The van der Waals surface area contributed by atoms with Crippen molar-refractivity contribution in [2.45, 2.75) is 6.10 Å². The van der Waals surface area contributed by atoms with E-state index in [9.17, 15) is 0 Å². The van der Waals surface area contributed by atoms with E-state index in [1.54, 1.807) is 12.1 Å². The van der Waals surface area contributed by atoms with Gasteiger partial charge in [-0.05, 0) is 29.5 Å². The molecule has 0 radical (unpaired) electrons. The Bertz CT molecular complexity index is 822. The number of tetrazole rings is 1. The molecule has 9 heteroatoms. The van der Waals surface area contributed by atoms with Crippen molar-refractivity contribution in [1.82, 2.24) is 30.6 Å². The van der Waals surface area contributed by atoms with Gasteiger partial charge in [-0.15, -0.1) is 10.2 Å². The van der Waals surface area contributed by atoms with Crippen molar-refractivity contribution in [2.24, 2.45) is 0 Å². The quantitative estimate of drug-likeness (QED) is 0.778. The number of benzene rings is 1. The number of rotatable bonds is 4. The molecule has 23 heavy (non-hydrogen) atoms. The van der Waals surface area contributed by atoms with E-state index in [4.69, 9.17) is 21.1 Å². The molecule has 1 aromatic carbocycles. The fraction of sp³-hybridized carbons (Fsp3) is 0.214. The molecule has 0 unspecified atom stereocenters. The molecule has 3 heterocycles. The topological polar surface area (TPSA) is 98.7 Å². The molecule has 0 saturated carbocycles. The van der Waals surface area contributed by atoms with Gasteiger partial charge in [-0.2, -0.15) is 5.21 Å². The van der Waals surface area contributed by atoms with Gasteiger partial charge in [-0.3, -0.25) is 0 Å². The molecule has 8 nitrogen and oxygen atoms in total. The first-order chi connectivity index (χ1) is 11.3. The van der Waals surface area contributed by atoms with Gasteiger partial charge in [0.2, 0.25) is 5.82 Å². The smallest absolute Gasteiger partial charge is 0.223 e. The maximum absolute atomic E-state index is 6.29. The van der Waals surface area contributed by atoms with Crippen molar-refractivity contribution in [3.8, 4) is 28.5 Å². The van der Waals surface area contributed by atoms with Crippen molar-refractivity contribution < 1.29 is 9.47 Å². The molecule has 0 spiro atoms. The second-order valence-corrected chi connectivity index (χ2v) is 5.35. The van der Waals surface area contributed by atoms with Crippen molar-refractivity contribution in [3.63, 3.8) is 0 Å². The number of aromatic amines is 1. The summed E-state index contributed by atoms with van der Waals surface area (Å²) in [4.78, 5) is 8.40. The molecule has 1 aliphatic heterocycles. The largest absolute Gasteiger partial charge is 0.484 e. The van der Waals surface area contributed by atoms with Crippen LogP contribution in [0.4, 0.5) is 0 Å². The number of hydrogen-bond acceptors (Lipinski definition) is 7. The number of H-pyrrole nitrogens is 1. The summed E-state index contributed by atoms with van der Waals surface area (Å²) in [5.41, 5.74) is 2.13. The van der Waals surface area contributed by atoms with E-state index < -0.39 is 0 Å². The van der Waals surface area contributed by atoms with Crippen molar-refractivity contribution >= 4 is 11.6 Å². The van der Waals surface area contributed by atoms with E-state index in [-0.39, 0.29) is 6.10 Å². The molecule has 0 amide bonds. The van der Waals surface area contributed by atoms with Gasteiger partial charge in [0.1, 0.15) is 23.9 Å². The number of nitrogens with one attached hydrogen (secondary N) is 1. The van der Waals surface area contributed by atoms with Gasteiger partial charge in [-0.25, -0.2) is 9.97 Å². The lowest BCUT2D eigenvalue weighted by Crippen LogP contribution is -2.38. The number of halogens is 1. The third-order valence-electron chi connectivity index (χ3n) is 3.37. The maximum atomic E-state index is 6.29. The second kappa shape index (κ2) is 5.90. The summed E-state index contributed by atoms with van der Waals surface area (Å²) in [7, 11) is 0. The van der Waals surface area contributed by atoms with Crippen LogP contribution in [0.2, 0.25) is 5.02 Å². The minimum absolute atomic E-state index is 0.0715. The molecule has 4 rings (SSSR count). The van der Waals surface area contributed by atoms with Crippen LogP contribution in [0.25, 0.3) is 22.8 Å². The summed E-state index contributed by atoms with van der Waals surface area (Å²) in [5, 5.41) is 14.3. The van der Waals surface area contributed by atoms with E-state index in [0.717, 1.165) is 5.56 Å². The Morgan fingerprint density at radius 2 is 2.04 bits per heavy atom. The summed E-state index contributed by atoms with van der Waals surface area (Å²) in [6, 6.07) is 7.30. The highest BCUT2D eigenvalue weighted by molar-refractivity contribution is 6.32. The van der Waals surface area contributed by atoms with Gasteiger partial charge < -0.3 is 9.47 Å². The SMILES string of the molecule is Clc1cc(-c2cc(-c3nn[nH]n3)ncn2)ccc1OC1COC1. The summed E-state index contributed by atoms with van der Waals surface area (Å²) < 4.78 is 10.8. The van der Waals surface area contributed by atoms with Gasteiger partial charge in [-0.1, -0.05) is 11.6 Å². The van der Waals surface area contributed by atoms with Crippen LogP contribution in [-0.4, -0.2) is 49.9 Å². The first-order valence-corrected chi connectivity index (χ1v) is 7.27. The highest BCUT2D eigenvalue weighted by atomic mass is 35.5. The Morgan fingerprint density at radius 3 is 2.74 bits per heavy atom. The zero-order valence-electron chi connectivity index (χ0n) is 11.8. The first-order valence-electron chi connectivity index (χ1n) is 6.90. The minimum Gasteiger partial charge on any atom is -0.484 e. The van der Waals surface area contributed by atoms with Crippen LogP contribution in [0, 0.1) is 0 Å². The van der Waals surface area contributed by atoms with Crippen molar-refractivity contribution in [1.29, 1.82) is 0 Å². The van der Waals surface area contributed by atoms with Crippen LogP contribution in [0.15, 0.2) is 30.6 Å². The molecule has 1 saturated heterocycles. The van der Waals surface area contributed by atoms with Crippen molar-refractivity contribution in [3.05, 3.63) is 35.6 Å². The summed E-state index contributed by atoms with van der Waals surface area (Å²) in [6.45, 7) is 1.19. The molecule has 1 fully saturated rings. The third kappa shape index (κ3) is 2.86. The van der Waals surface area contributed by atoms with E-state index in [0.29, 0.717) is 41.2 Å². The summed E-state index contributed by atoms with van der Waals surface area (Å²) >= 11 is 6.29. The van der Waals surface area contributed by atoms with Crippen LogP contribution < -0.4 is 4.74 Å². The number of aromatic nitrogens is 6. The highest BCUT2D eigenvalue weighted by Crippen LogP contribution is 2.31. The van der Waals surface area contributed by atoms with E-state index >= 15 is 0 Å². The van der Waals surface area contributed by atoms with Gasteiger partial charge in [0.25, 0.3) is 0 Å². The average molecular weight is 331 g/mol. The molecule has 1 N–H and O–H groups in total. The van der Waals surface area contributed by atoms with Gasteiger partial charge in [0.15, 0.2) is 0 Å². The Morgan fingerprint density at radius 1 is 1.17 bits per heavy atom. The normalized spacial score (nSPS) is 14.5. The van der Waals surface area contributed by atoms with E-state index in [2.05, 4.69) is 30.6 Å². The van der Waals surface area contributed by atoms with E-state index in [1.165, 1.54) is 6.33 Å². The molecule has 3 aromatic rings.